The van der Waals surface area contributed by atoms with Crippen molar-refractivity contribution in [1.29, 1.82) is 0 Å². The zero-order valence-corrected chi connectivity index (χ0v) is 12.9. The van der Waals surface area contributed by atoms with Crippen LogP contribution in [0.25, 0.3) is 11.3 Å². The summed E-state index contributed by atoms with van der Waals surface area (Å²) in [6.45, 7) is 3.78. The van der Waals surface area contributed by atoms with E-state index >= 15 is 0 Å². The number of aryl methyl sites for hydroxylation is 1. The fourth-order valence-electron chi connectivity index (χ4n) is 2.86. The Morgan fingerprint density at radius 1 is 1.27 bits per heavy atom. The first-order chi connectivity index (χ1) is 10.5. The van der Waals surface area contributed by atoms with Gasteiger partial charge in [-0.05, 0) is 37.0 Å². The molecule has 116 valence electrons. The number of aromatic nitrogens is 2. The summed E-state index contributed by atoms with van der Waals surface area (Å²) in [7, 11) is 1.77. The second-order valence-corrected chi connectivity index (χ2v) is 6.02. The van der Waals surface area contributed by atoms with Gasteiger partial charge in [-0.1, -0.05) is 19.1 Å². The number of carbonyl (C=O) groups is 1. The average Bonchev–Trinajstić information content (AvgIpc) is 2.89. The number of halogens is 1. The van der Waals surface area contributed by atoms with Crippen LogP contribution in [0.15, 0.2) is 30.3 Å². The van der Waals surface area contributed by atoms with Gasteiger partial charge < -0.3 is 4.90 Å². The van der Waals surface area contributed by atoms with Crippen molar-refractivity contribution in [2.75, 3.05) is 13.1 Å². The predicted molar refractivity (Wildman–Crippen MR) is 82.9 cm³/mol. The van der Waals surface area contributed by atoms with Gasteiger partial charge in [-0.2, -0.15) is 5.10 Å². The average molecular weight is 301 g/mol. The SMILES string of the molecule is CC1CCN(C(=O)c2cc(-c3cccc(F)c3)n(C)n2)CC1. The van der Waals surface area contributed by atoms with Crippen LogP contribution < -0.4 is 0 Å². The van der Waals surface area contributed by atoms with Crippen LogP contribution in [0, 0.1) is 11.7 Å². The molecule has 5 heteroatoms. The number of carbonyl (C=O) groups excluding carboxylic acids is 1. The van der Waals surface area contributed by atoms with E-state index in [0.29, 0.717) is 11.6 Å². The fourth-order valence-corrected chi connectivity index (χ4v) is 2.86. The quantitative estimate of drug-likeness (QED) is 0.855. The minimum absolute atomic E-state index is 0.0369. The van der Waals surface area contributed by atoms with Crippen LogP contribution in [0.2, 0.25) is 0 Å². The van der Waals surface area contributed by atoms with Crippen LogP contribution in [-0.4, -0.2) is 33.7 Å². The third-order valence-electron chi connectivity index (χ3n) is 4.29. The molecule has 0 unspecified atom stereocenters. The maximum absolute atomic E-state index is 13.4. The maximum Gasteiger partial charge on any atom is 0.274 e. The molecule has 1 saturated heterocycles. The molecule has 2 aromatic rings. The first-order valence-corrected chi connectivity index (χ1v) is 7.64. The van der Waals surface area contributed by atoms with Gasteiger partial charge in [-0.15, -0.1) is 0 Å². The minimum atomic E-state index is -0.295. The second-order valence-electron chi connectivity index (χ2n) is 6.02. The van der Waals surface area contributed by atoms with E-state index < -0.39 is 0 Å². The van der Waals surface area contributed by atoms with Crippen LogP contribution in [0.3, 0.4) is 0 Å². The smallest absolute Gasteiger partial charge is 0.274 e. The number of hydrogen-bond donors (Lipinski definition) is 0. The van der Waals surface area contributed by atoms with Crippen molar-refractivity contribution in [3.63, 3.8) is 0 Å². The van der Waals surface area contributed by atoms with E-state index in [9.17, 15) is 9.18 Å². The van der Waals surface area contributed by atoms with Crippen molar-refractivity contribution in [2.45, 2.75) is 19.8 Å². The molecule has 0 atom stereocenters. The van der Waals surface area contributed by atoms with Crippen molar-refractivity contribution < 1.29 is 9.18 Å². The van der Waals surface area contributed by atoms with Crippen LogP contribution in [0.5, 0.6) is 0 Å². The van der Waals surface area contributed by atoms with Gasteiger partial charge in [0.05, 0.1) is 5.69 Å². The van der Waals surface area contributed by atoms with E-state index in [0.717, 1.165) is 37.2 Å². The van der Waals surface area contributed by atoms with Crippen molar-refractivity contribution in [3.8, 4) is 11.3 Å². The normalized spacial score (nSPS) is 16.0. The highest BCUT2D eigenvalue weighted by atomic mass is 19.1. The first kappa shape index (κ1) is 14.8. The summed E-state index contributed by atoms with van der Waals surface area (Å²) in [4.78, 5) is 14.4. The van der Waals surface area contributed by atoms with Gasteiger partial charge in [0.1, 0.15) is 5.82 Å². The van der Waals surface area contributed by atoms with Gasteiger partial charge in [0.2, 0.25) is 0 Å². The van der Waals surface area contributed by atoms with E-state index in [4.69, 9.17) is 0 Å². The molecule has 0 saturated carbocycles. The molecule has 4 nitrogen and oxygen atoms in total. The van der Waals surface area contributed by atoms with E-state index in [1.807, 2.05) is 11.0 Å². The Morgan fingerprint density at radius 2 is 2.00 bits per heavy atom. The van der Waals surface area contributed by atoms with Gasteiger partial charge in [-0.3, -0.25) is 9.48 Å². The fraction of sp³-hybridized carbons (Fsp3) is 0.412. The van der Waals surface area contributed by atoms with E-state index in [1.165, 1.54) is 12.1 Å². The number of piperidine rings is 1. The summed E-state index contributed by atoms with van der Waals surface area (Å²) in [5.74, 6) is 0.345. The van der Waals surface area contributed by atoms with Crippen molar-refractivity contribution >= 4 is 5.91 Å². The lowest BCUT2D eigenvalue weighted by Gasteiger charge is -2.29. The van der Waals surface area contributed by atoms with Gasteiger partial charge >= 0.3 is 0 Å². The number of rotatable bonds is 2. The highest BCUT2D eigenvalue weighted by Gasteiger charge is 2.24. The molecule has 1 amide bonds. The van der Waals surface area contributed by atoms with Crippen molar-refractivity contribution in [2.24, 2.45) is 13.0 Å². The molecule has 1 aromatic carbocycles. The molecule has 1 fully saturated rings. The molecular weight excluding hydrogens is 281 g/mol. The Kier molecular flexibility index (Phi) is 3.96. The molecule has 0 radical (unpaired) electrons. The van der Waals surface area contributed by atoms with Gasteiger partial charge in [-0.25, -0.2) is 4.39 Å². The molecule has 1 aliphatic heterocycles. The van der Waals surface area contributed by atoms with Crippen LogP contribution in [0.4, 0.5) is 4.39 Å². The number of nitrogens with zero attached hydrogens (tertiary/aromatic N) is 3. The molecule has 0 bridgehead atoms. The lowest BCUT2D eigenvalue weighted by molar-refractivity contribution is 0.0690. The highest BCUT2D eigenvalue weighted by Crippen LogP contribution is 2.23. The zero-order chi connectivity index (χ0) is 15.7. The molecular formula is C17H20FN3O. The first-order valence-electron chi connectivity index (χ1n) is 7.64. The Labute approximate surface area is 129 Å². The Hall–Kier alpha value is -2.17. The molecule has 0 aliphatic carbocycles. The topological polar surface area (TPSA) is 38.1 Å². The molecule has 0 spiro atoms. The summed E-state index contributed by atoms with van der Waals surface area (Å²) in [5.41, 5.74) is 1.89. The van der Waals surface area contributed by atoms with Crippen LogP contribution >= 0.6 is 0 Å². The third-order valence-corrected chi connectivity index (χ3v) is 4.29. The standard InChI is InChI=1S/C17H20FN3O/c1-12-6-8-21(9-7-12)17(22)15-11-16(20(2)19-15)13-4-3-5-14(18)10-13/h3-5,10-12H,6-9H2,1-2H3. The molecule has 1 aromatic heterocycles. The predicted octanol–water partition coefficient (Wildman–Crippen LogP) is 3.10. The largest absolute Gasteiger partial charge is 0.337 e. The van der Waals surface area contributed by atoms with Crippen LogP contribution in [0.1, 0.15) is 30.3 Å². The maximum atomic E-state index is 13.4. The summed E-state index contributed by atoms with van der Waals surface area (Å²) in [6, 6.07) is 8.08. The number of amides is 1. The summed E-state index contributed by atoms with van der Waals surface area (Å²) < 4.78 is 15.0. The molecule has 3 rings (SSSR count). The van der Waals surface area contributed by atoms with E-state index in [2.05, 4.69) is 12.0 Å². The second kappa shape index (κ2) is 5.91. The number of hydrogen-bond acceptors (Lipinski definition) is 2. The lowest BCUT2D eigenvalue weighted by atomic mass is 9.99. The van der Waals surface area contributed by atoms with Crippen molar-refractivity contribution in [1.82, 2.24) is 14.7 Å². The Balaban J connectivity index is 1.84. The molecule has 0 N–H and O–H groups in total. The van der Waals surface area contributed by atoms with Gasteiger partial charge in [0.15, 0.2) is 5.69 Å². The third kappa shape index (κ3) is 2.89. The van der Waals surface area contributed by atoms with Crippen molar-refractivity contribution in [3.05, 3.63) is 41.8 Å². The number of benzene rings is 1. The molecule has 22 heavy (non-hydrogen) atoms. The van der Waals surface area contributed by atoms with Gasteiger partial charge in [0.25, 0.3) is 5.91 Å². The number of likely N-dealkylation sites (tertiary alicyclic amines) is 1. The Bertz CT molecular complexity index is 687. The lowest BCUT2D eigenvalue weighted by Crippen LogP contribution is -2.38. The van der Waals surface area contributed by atoms with E-state index in [1.54, 1.807) is 23.9 Å². The minimum Gasteiger partial charge on any atom is -0.337 e. The zero-order valence-electron chi connectivity index (χ0n) is 12.9. The van der Waals surface area contributed by atoms with E-state index in [-0.39, 0.29) is 11.7 Å². The van der Waals surface area contributed by atoms with Crippen LogP contribution in [-0.2, 0) is 7.05 Å². The molecule has 2 heterocycles. The van der Waals surface area contributed by atoms with Gasteiger partial charge in [0, 0.05) is 25.7 Å². The summed E-state index contributed by atoms with van der Waals surface area (Å²) >= 11 is 0. The Morgan fingerprint density at radius 3 is 2.68 bits per heavy atom. The highest BCUT2D eigenvalue weighted by molar-refractivity contribution is 5.93. The summed E-state index contributed by atoms with van der Waals surface area (Å²) in [5, 5.41) is 4.31. The summed E-state index contributed by atoms with van der Waals surface area (Å²) in [6.07, 6.45) is 2.07. The molecule has 1 aliphatic rings. The monoisotopic (exact) mass is 301 g/mol.